The van der Waals surface area contributed by atoms with E-state index in [0.29, 0.717) is 24.9 Å². The first-order valence-corrected chi connectivity index (χ1v) is 15.5. The lowest BCUT2D eigenvalue weighted by atomic mass is 10.0. The van der Waals surface area contributed by atoms with E-state index in [2.05, 4.69) is 26.6 Å². The van der Waals surface area contributed by atoms with Crippen molar-refractivity contribution in [2.24, 2.45) is 5.92 Å². The van der Waals surface area contributed by atoms with Gasteiger partial charge in [0.2, 0.25) is 17.7 Å². The van der Waals surface area contributed by atoms with Crippen LogP contribution in [0.1, 0.15) is 49.8 Å². The average molecular weight is 638 g/mol. The van der Waals surface area contributed by atoms with E-state index in [4.69, 9.17) is 4.74 Å². The Hall–Kier alpha value is -4.74. The molecule has 3 rings (SSSR count). The molecule has 1 aliphatic rings. The predicted molar refractivity (Wildman–Crippen MR) is 171 cm³/mol. The summed E-state index contributed by atoms with van der Waals surface area (Å²) in [6, 6.07) is 9.11. The van der Waals surface area contributed by atoms with Crippen LogP contribution in [-0.2, 0) is 36.8 Å². The van der Waals surface area contributed by atoms with Gasteiger partial charge in [-0.15, -0.1) is 0 Å². The second kappa shape index (κ2) is 17.7. The fourth-order valence-electron chi connectivity index (χ4n) is 4.98. The molecule has 12 heteroatoms. The first kappa shape index (κ1) is 35.7. The Labute approximate surface area is 269 Å². The molecular formula is C34H44FN5O6. The fourth-order valence-corrected chi connectivity index (χ4v) is 4.98. The number of urea groups is 1. The molecule has 1 aliphatic heterocycles. The van der Waals surface area contributed by atoms with Crippen LogP contribution in [0.4, 0.5) is 9.18 Å². The Morgan fingerprint density at radius 1 is 1.02 bits per heavy atom. The predicted octanol–water partition coefficient (Wildman–Crippen LogP) is 2.61. The third-order valence-electron chi connectivity index (χ3n) is 7.65. The van der Waals surface area contributed by atoms with E-state index in [9.17, 15) is 28.4 Å². The molecule has 0 aromatic heterocycles. The summed E-state index contributed by atoms with van der Waals surface area (Å²) in [5, 5.41) is 13.7. The Morgan fingerprint density at radius 2 is 1.74 bits per heavy atom. The largest absolute Gasteiger partial charge is 0.467 e. The Kier molecular flexibility index (Phi) is 13.7. The number of ether oxygens (including phenoxy) is 1. The number of amides is 5. The van der Waals surface area contributed by atoms with Gasteiger partial charge in [-0.1, -0.05) is 68.0 Å². The first-order chi connectivity index (χ1) is 22.0. The quantitative estimate of drug-likeness (QED) is 0.253. The van der Waals surface area contributed by atoms with Crippen LogP contribution in [-0.4, -0.2) is 67.5 Å². The van der Waals surface area contributed by atoms with E-state index in [1.54, 1.807) is 32.0 Å². The number of hydrogen-bond donors (Lipinski definition) is 5. The Morgan fingerprint density at radius 3 is 2.41 bits per heavy atom. The van der Waals surface area contributed by atoms with E-state index >= 15 is 0 Å². The minimum Gasteiger partial charge on any atom is -0.467 e. The van der Waals surface area contributed by atoms with Crippen LogP contribution in [0.25, 0.3) is 0 Å². The summed E-state index contributed by atoms with van der Waals surface area (Å²) < 4.78 is 19.3. The van der Waals surface area contributed by atoms with Gasteiger partial charge < -0.3 is 31.3 Å². The molecule has 5 amide bonds. The third-order valence-corrected chi connectivity index (χ3v) is 7.65. The highest BCUT2D eigenvalue weighted by atomic mass is 19.1. The number of nitrogens with one attached hydrogen (secondary N) is 5. The fraction of sp³-hybridized carbons (Fsp3) is 0.441. The van der Waals surface area contributed by atoms with E-state index in [1.807, 2.05) is 31.2 Å². The molecule has 11 nitrogen and oxygen atoms in total. The number of hydrogen-bond acceptors (Lipinski definition) is 6. The van der Waals surface area contributed by atoms with Crippen LogP contribution >= 0.6 is 0 Å². The molecule has 1 unspecified atom stereocenters. The molecular weight excluding hydrogens is 593 g/mol. The molecule has 2 aromatic carbocycles. The highest BCUT2D eigenvalue weighted by Crippen LogP contribution is 2.13. The van der Waals surface area contributed by atoms with E-state index in [-0.39, 0.29) is 31.1 Å². The van der Waals surface area contributed by atoms with E-state index in [1.165, 1.54) is 25.3 Å². The summed E-state index contributed by atoms with van der Waals surface area (Å²) in [5.41, 5.74) is 2.15. The zero-order valence-corrected chi connectivity index (χ0v) is 26.7. The number of rotatable bonds is 10. The standard InChI is InChI=1S/C34H44FN5O6/c1-21(2)30(33(44)46-4)40-34(45)39-28(19-23-14-12-22(3)13-15-23)32(43)38-27-11-7-8-18-36-29(41)17-16-25(37-31(27)42)20-24-9-5-6-10-26(24)35/h5-6,9-10,12-17,21,25,27-28,30H,7-8,11,18-20H2,1-4H3,(H,36,41)(H,37,42)(H,38,43)(H2,39,40,45)/b17-16+/t25-,27+,28+,30?/m1/s1. The van der Waals surface area contributed by atoms with Crippen LogP contribution in [0, 0.1) is 18.7 Å². The highest BCUT2D eigenvalue weighted by molar-refractivity contribution is 5.93. The number of methoxy groups -OCH3 is 1. The zero-order valence-electron chi connectivity index (χ0n) is 26.7. The van der Waals surface area contributed by atoms with Crippen molar-refractivity contribution in [1.29, 1.82) is 0 Å². The van der Waals surface area contributed by atoms with Gasteiger partial charge in [0.15, 0.2) is 0 Å². The first-order valence-electron chi connectivity index (χ1n) is 15.5. The lowest BCUT2D eigenvalue weighted by Gasteiger charge is -2.26. The van der Waals surface area contributed by atoms with Gasteiger partial charge in [0.05, 0.1) is 13.2 Å². The molecule has 0 saturated heterocycles. The minimum atomic E-state index is -1.10. The van der Waals surface area contributed by atoms with E-state index in [0.717, 1.165) is 11.1 Å². The number of halogens is 1. The van der Waals surface area contributed by atoms with Gasteiger partial charge in [0, 0.05) is 19.0 Å². The highest BCUT2D eigenvalue weighted by Gasteiger charge is 2.30. The second-order valence-corrected chi connectivity index (χ2v) is 11.7. The van der Waals surface area contributed by atoms with Crippen molar-refractivity contribution in [3.8, 4) is 0 Å². The number of carbonyl (C=O) groups is 5. The van der Waals surface area contributed by atoms with Crippen molar-refractivity contribution in [2.45, 2.75) is 77.0 Å². The third kappa shape index (κ3) is 11.3. The maximum atomic E-state index is 14.5. The maximum Gasteiger partial charge on any atom is 0.328 e. The van der Waals surface area contributed by atoms with Crippen LogP contribution in [0.5, 0.6) is 0 Å². The summed E-state index contributed by atoms with van der Waals surface area (Å²) in [4.78, 5) is 64.9. The molecule has 0 aliphatic carbocycles. The van der Waals surface area contributed by atoms with Crippen molar-refractivity contribution >= 4 is 29.7 Å². The van der Waals surface area contributed by atoms with Gasteiger partial charge in [-0.3, -0.25) is 14.4 Å². The van der Waals surface area contributed by atoms with Gasteiger partial charge in [0.25, 0.3) is 0 Å². The molecule has 0 radical (unpaired) electrons. The van der Waals surface area contributed by atoms with Crippen LogP contribution in [0.15, 0.2) is 60.7 Å². The molecule has 2 aromatic rings. The monoisotopic (exact) mass is 637 g/mol. The van der Waals surface area contributed by atoms with Crippen molar-refractivity contribution in [3.05, 3.63) is 83.2 Å². The van der Waals surface area contributed by atoms with Gasteiger partial charge in [-0.25, -0.2) is 14.0 Å². The molecule has 0 saturated carbocycles. The van der Waals surface area contributed by atoms with Crippen molar-refractivity contribution in [2.75, 3.05) is 13.7 Å². The molecule has 0 fully saturated rings. The number of benzene rings is 2. The van der Waals surface area contributed by atoms with Gasteiger partial charge >= 0.3 is 12.0 Å². The van der Waals surface area contributed by atoms with Gasteiger partial charge in [-0.05, 0) is 55.7 Å². The lowest BCUT2D eigenvalue weighted by Crippen LogP contribution is -2.58. The van der Waals surface area contributed by atoms with Crippen LogP contribution in [0.2, 0.25) is 0 Å². The Balaban J connectivity index is 1.83. The molecule has 0 bridgehead atoms. The maximum absolute atomic E-state index is 14.5. The Bertz CT molecular complexity index is 1400. The normalized spacial score (nSPS) is 19.3. The molecule has 0 spiro atoms. The van der Waals surface area contributed by atoms with Crippen molar-refractivity contribution in [3.63, 3.8) is 0 Å². The minimum absolute atomic E-state index is 0.0812. The smallest absolute Gasteiger partial charge is 0.328 e. The average Bonchev–Trinajstić information content (AvgIpc) is 3.02. The van der Waals surface area contributed by atoms with Crippen molar-refractivity contribution < 1.29 is 33.1 Å². The molecule has 5 N–H and O–H groups in total. The molecule has 4 atom stereocenters. The van der Waals surface area contributed by atoms with Crippen molar-refractivity contribution in [1.82, 2.24) is 26.6 Å². The SMILES string of the molecule is COC(=O)C(NC(=O)N[C@@H](Cc1ccc(C)cc1)C(=O)N[C@H]1CCCCNC(=O)/C=C/[C@H](Cc2ccccc2F)NC1=O)C(C)C. The van der Waals surface area contributed by atoms with E-state index < -0.39 is 53.8 Å². The summed E-state index contributed by atoms with van der Waals surface area (Å²) in [5.74, 6) is -2.78. The second-order valence-electron chi connectivity index (χ2n) is 11.7. The topological polar surface area (TPSA) is 155 Å². The van der Waals surface area contributed by atoms with Crippen LogP contribution < -0.4 is 26.6 Å². The van der Waals surface area contributed by atoms with Crippen LogP contribution in [0.3, 0.4) is 0 Å². The summed E-state index contributed by atoms with van der Waals surface area (Å²) in [7, 11) is 1.23. The summed E-state index contributed by atoms with van der Waals surface area (Å²) in [6.45, 7) is 5.81. The molecule has 248 valence electrons. The molecule has 1 heterocycles. The zero-order chi connectivity index (χ0) is 33.6. The number of esters is 1. The molecule has 46 heavy (non-hydrogen) atoms. The van der Waals surface area contributed by atoms with Gasteiger partial charge in [-0.2, -0.15) is 0 Å². The summed E-state index contributed by atoms with van der Waals surface area (Å²) >= 11 is 0. The lowest BCUT2D eigenvalue weighted by molar-refractivity contribution is -0.144. The summed E-state index contributed by atoms with van der Waals surface area (Å²) in [6.07, 6.45) is 4.33. The number of carbonyl (C=O) groups excluding carboxylic acids is 5. The number of aryl methyl sites for hydroxylation is 1. The van der Waals surface area contributed by atoms with Gasteiger partial charge in [0.1, 0.15) is 23.9 Å².